The second-order valence-electron chi connectivity index (χ2n) is 10.1. The summed E-state index contributed by atoms with van der Waals surface area (Å²) in [6.07, 6.45) is 3.34. The summed E-state index contributed by atoms with van der Waals surface area (Å²) in [5, 5.41) is 5.85. The van der Waals surface area contributed by atoms with E-state index in [0.717, 1.165) is 44.1 Å². The summed E-state index contributed by atoms with van der Waals surface area (Å²) in [5.41, 5.74) is 1.53. The molecule has 3 aliphatic rings. The predicted octanol–water partition coefficient (Wildman–Crippen LogP) is 4.03. The van der Waals surface area contributed by atoms with Crippen LogP contribution in [0.4, 0.5) is 14.5 Å². The monoisotopic (exact) mass is 544 g/mol. The number of ether oxygens (including phenoxy) is 1. The number of anilines is 1. The van der Waals surface area contributed by atoms with Crippen LogP contribution in [0.1, 0.15) is 41.1 Å². The molecule has 38 heavy (non-hydrogen) atoms. The normalized spacial score (nSPS) is 22.7. The fourth-order valence-corrected chi connectivity index (χ4v) is 6.54. The summed E-state index contributed by atoms with van der Waals surface area (Å²) in [6, 6.07) is 15.0. The standard InChI is InChI=1S/C28H34F2N4O3S/c29-28(30)37-25-9-6-20(27(36)32-23-10-15-38-18-22(23)19-4-2-1-3-5-19)16-24(25)31-26(35)17-33-11-13-34(14-12-33)21-7-8-21/h1-6,9,16,21-23,28H,7-8,10-15,17-18H2,(H,31,35)(H,32,36). The first-order valence-electron chi connectivity index (χ1n) is 13.2. The Labute approximate surface area is 226 Å². The van der Waals surface area contributed by atoms with Gasteiger partial charge in [-0.05, 0) is 48.8 Å². The average molecular weight is 545 g/mol. The number of carbonyl (C=O) groups is 2. The smallest absolute Gasteiger partial charge is 0.387 e. The number of hydrogen-bond acceptors (Lipinski definition) is 6. The molecule has 10 heteroatoms. The molecule has 2 aromatic rings. The van der Waals surface area contributed by atoms with Crippen LogP contribution < -0.4 is 15.4 Å². The Morgan fingerprint density at radius 3 is 2.50 bits per heavy atom. The second kappa shape index (κ2) is 12.4. The fourth-order valence-electron chi connectivity index (χ4n) is 5.28. The van der Waals surface area contributed by atoms with E-state index in [2.05, 4.69) is 37.3 Å². The highest BCUT2D eigenvalue weighted by molar-refractivity contribution is 7.99. The first kappa shape index (κ1) is 26.9. The average Bonchev–Trinajstić information content (AvgIpc) is 3.76. The third-order valence-electron chi connectivity index (χ3n) is 7.47. The molecule has 2 aliphatic heterocycles. The molecule has 2 amide bonds. The molecule has 2 atom stereocenters. The van der Waals surface area contributed by atoms with E-state index in [-0.39, 0.29) is 47.3 Å². The van der Waals surface area contributed by atoms with Gasteiger partial charge in [0.05, 0.1) is 12.2 Å². The molecular weight excluding hydrogens is 510 g/mol. The number of amides is 2. The fraction of sp³-hybridized carbons (Fsp3) is 0.500. The highest BCUT2D eigenvalue weighted by Crippen LogP contribution is 2.33. The molecule has 1 aliphatic carbocycles. The largest absolute Gasteiger partial charge is 0.433 e. The first-order chi connectivity index (χ1) is 18.5. The third-order valence-corrected chi connectivity index (χ3v) is 8.59. The molecule has 0 radical (unpaired) electrons. The van der Waals surface area contributed by atoms with Crippen molar-refractivity contribution in [2.75, 3.05) is 49.5 Å². The molecule has 5 rings (SSSR count). The SMILES string of the molecule is O=C(CN1CCN(C2CC2)CC1)Nc1cc(C(=O)NC2CCSCC2c2ccccc2)ccc1OC(F)F. The molecule has 2 N–H and O–H groups in total. The lowest BCUT2D eigenvalue weighted by atomic mass is 9.91. The van der Waals surface area contributed by atoms with Gasteiger partial charge in [-0.25, -0.2) is 0 Å². The number of thioether (sulfide) groups is 1. The van der Waals surface area contributed by atoms with Crippen LogP contribution in [-0.2, 0) is 4.79 Å². The number of carbonyl (C=O) groups excluding carboxylic acids is 2. The van der Waals surface area contributed by atoms with Crippen LogP contribution in [0.3, 0.4) is 0 Å². The topological polar surface area (TPSA) is 73.9 Å². The van der Waals surface area contributed by atoms with Crippen LogP contribution >= 0.6 is 11.8 Å². The van der Waals surface area contributed by atoms with Crippen molar-refractivity contribution in [3.8, 4) is 5.75 Å². The summed E-state index contributed by atoms with van der Waals surface area (Å²) in [4.78, 5) is 30.6. The zero-order chi connectivity index (χ0) is 26.5. The van der Waals surface area contributed by atoms with Gasteiger partial charge in [-0.2, -0.15) is 20.5 Å². The summed E-state index contributed by atoms with van der Waals surface area (Å²) in [6.45, 7) is 0.534. The molecule has 3 fully saturated rings. The number of nitrogens with one attached hydrogen (secondary N) is 2. The number of halogens is 2. The molecule has 0 bridgehead atoms. The molecule has 0 aromatic heterocycles. The lowest BCUT2D eigenvalue weighted by Crippen LogP contribution is -2.49. The van der Waals surface area contributed by atoms with Crippen molar-refractivity contribution in [2.24, 2.45) is 0 Å². The Morgan fingerprint density at radius 1 is 1.03 bits per heavy atom. The number of alkyl halides is 2. The van der Waals surface area contributed by atoms with Crippen LogP contribution in [0.2, 0.25) is 0 Å². The Morgan fingerprint density at radius 2 is 1.79 bits per heavy atom. The van der Waals surface area contributed by atoms with Gasteiger partial charge in [0.25, 0.3) is 5.91 Å². The molecule has 0 spiro atoms. The van der Waals surface area contributed by atoms with Crippen LogP contribution in [0, 0.1) is 0 Å². The van der Waals surface area contributed by atoms with Crippen molar-refractivity contribution >= 4 is 29.3 Å². The van der Waals surface area contributed by atoms with Crippen LogP contribution in [0.5, 0.6) is 5.75 Å². The van der Waals surface area contributed by atoms with Gasteiger partial charge in [0.2, 0.25) is 5.91 Å². The molecular formula is C28H34F2N4O3S. The molecule has 1 saturated carbocycles. The van der Waals surface area contributed by atoms with Crippen LogP contribution in [-0.4, -0.2) is 84.5 Å². The van der Waals surface area contributed by atoms with E-state index in [1.165, 1.54) is 36.6 Å². The van der Waals surface area contributed by atoms with Crippen LogP contribution in [0.25, 0.3) is 0 Å². The lowest BCUT2D eigenvalue weighted by molar-refractivity contribution is -0.117. The quantitative estimate of drug-likeness (QED) is 0.497. The van der Waals surface area contributed by atoms with Crippen molar-refractivity contribution in [3.63, 3.8) is 0 Å². The van der Waals surface area contributed by atoms with Crippen LogP contribution in [0.15, 0.2) is 48.5 Å². The van der Waals surface area contributed by atoms with E-state index in [0.29, 0.717) is 6.04 Å². The van der Waals surface area contributed by atoms with Crippen molar-refractivity contribution in [1.29, 1.82) is 0 Å². The van der Waals surface area contributed by atoms with E-state index in [4.69, 9.17) is 0 Å². The van der Waals surface area contributed by atoms with Crippen molar-refractivity contribution in [1.82, 2.24) is 15.1 Å². The van der Waals surface area contributed by atoms with Crippen molar-refractivity contribution < 1.29 is 23.1 Å². The van der Waals surface area contributed by atoms with Crippen molar-refractivity contribution in [3.05, 3.63) is 59.7 Å². The van der Waals surface area contributed by atoms with E-state index < -0.39 is 6.61 Å². The van der Waals surface area contributed by atoms with E-state index in [1.807, 2.05) is 30.0 Å². The highest BCUT2D eigenvalue weighted by atomic mass is 32.2. The first-order valence-corrected chi connectivity index (χ1v) is 14.4. The van der Waals surface area contributed by atoms with E-state index in [1.54, 1.807) is 0 Å². The number of rotatable bonds is 9. The van der Waals surface area contributed by atoms with Gasteiger partial charge in [-0.15, -0.1) is 0 Å². The minimum atomic E-state index is -3.05. The molecule has 2 aromatic carbocycles. The summed E-state index contributed by atoms with van der Waals surface area (Å²) < 4.78 is 30.8. The maximum Gasteiger partial charge on any atom is 0.387 e. The maximum atomic E-state index is 13.2. The molecule has 7 nitrogen and oxygen atoms in total. The molecule has 2 heterocycles. The van der Waals surface area contributed by atoms with Gasteiger partial charge in [-0.3, -0.25) is 19.4 Å². The van der Waals surface area contributed by atoms with Gasteiger partial charge in [0.15, 0.2) is 0 Å². The third kappa shape index (κ3) is 7.03. The Bertz CT molecular complexity index is 1110. The summed E-state index contributed by atoms with van der Waals surface area (Å²) in [7, 11) is 0. The van der Waals surface area contributed by atoms with E-state index in [9.17, 15) is 18.4 Å². The predicted molar refractivity (Wildman–Crippen MR) is 145 cm³/mol. The minimum absolute atomic E-state index is 0.0458. The number of hydrogen-bond donors (Lipinski definition) is 2. The van der Waals surface area contributed by atoms with Gasteiger partial charge >= 0.3 is 6.61 Å². The Hall–Kier alpha value is -2.69. The van der Waals surface area contributed by atoms with E-state index >= 15 is 0 Å². The lowest BCUT2D eigenvalue weighted by Gasteiger charge is -2.34. The highest BCUT2D eigenvalue weighted by Gasteiger charge is 2.32. The zero-order valence-corrected chi connectivity index (χ0v) is 22.1. The second-order valence-corrected chi connectivity index (χ2v) is 11.3. The van der Waals surface area contributed by atoms with Gasteiger partial charge in [0.1, 0.15) is 5.75 Å². The number of benzene rings is 2. The molecule has 2 unspecified atom stereocenters. The van der Waals surface area contributed by atoms with Gasteiger partial charge < -0.3 is 15.4 Å². The van der Waals surface area contributed by atoms with Gasteiger partial charge in [-0.1, -0.05) is 30.3 Å². The van der Waals surface area contributed by atoms with Crippen molar-refractivity contribution in [2.45, 2.75) is 43.9 Å². The summed E-state index contributed by atoms with van der Waals surface area (Å²) in [5.74, 6) is 1.24. The number of nitrogens with zero attached hydrogens (tertiary/aromatic N) is 2. The maximum absolute atomic E-state index is 13.2. The molecule has 204 valence electrons. The Balaban J connectivity index is 1.25. The molecule has 2 saturated heterocycles. The number of piperazine rings is 1. The minimum Gasteiger partial charge on any atom is -0.433 e. The van der Waals surface area contributed by atoms with Gasteiger partial charge in [0, 0.05) is 55.5 Å². The zero-order valence-electron chi connectivity index (χ0n) is 21.3. The Kier molecular flexibility index (Phi) is 8.81. The summed E-state index contributed by atoms with van der Waals surface area (Å²) >= 11 is 1.87.